The predicted molar refractivity (Wildman–Crippen MR) is 255 cm³/mol. The molecule has 4 aromatic rings. The molecule has 5 aliphatic rings. The Morgan fingerprint density at radius 3 is 2.57 bits per heavy atom. The standard InChI is InChI=1S/C52H53Cl2FN6O6/c1-51(2,3)26-42-52(28-56-39-25-32(53)16-17-36(39)52)44(34-11-6-12-37(54)45(34)55)46(58-42)48(64)57-38-18-15-31(24-41(38)67-4)49(65)60-22-7-8-29(21-23-60)13-14-30-9-5-10-33-35(30)27-61(50(33)66)40-19-20-43(62)59-47(40)63/h5-6,9-12,15-18,24-25,29,40,42,44,46,56,58H,7-8,19-23,26-28H2,1-4H3,(H,57,64)(H,59,62,63)/t29-,40?,42+,44+,46-,52+/m1/s1. The number of benzene rings is 4. The van der Waals surface area contributed by atoms with E-state index in [4.69, 9.17) is 27.9 Å². The first kappa shape index (κ1) is 46.2. The molecule has 6 atom stereocenters. The van der Waals surface area contributed by atoms with Gasteiger partial charge in [0.2, 0.25) is 17.7 Å². The molecule has 1 spiro atoms. The summed E-state index contributed by atoms with van der Waals surface area (Å²) in [5.74, 6) is 4.17. The molecule has 3 saturated heterocycles. The number of nitrogens with zero attached hydrogens (tertiary/aromatic N) is 2. The summed E-state index contributed by atoms with van der Waals surface area (Å²) in [5, 5.41) is 13.2. The van der Waals surface area contributed by atoms with Gasteiger partial charge < -0.3 is 30.5 Å². The normalized spacial score (nSPS) is 24.6. The summed E-state index contributed by atoms with van der Waals surface area (Å²) in [5.41, 5.74) is 3.97. The van der Waals surface area contributed by atoms with Gasteiger partial charge in [0.1, 0.15) is 17.6 Å². The molecule has 12 nitrogen and oxygen atoms in total. The van der Waals surface area contributed by atoms with Crippen molar-refractivity contribution in [3.8, 4) is 17.6 Å². The molecule has 5 amide bonds. The molecule has 0 bridgehead atoms. The second-order valence-electron chi connectivity index (χ2n) is 19.5. The third-order valence-electron chi connectivity index (χ3n) is 14.1. The van der Waals surface area contributed by atoms with Gasteiger partial charge in [-0.3, -0.25) is 29.3 Å². The lowest BCUT2D eigenvalue weighted by atomic mass is 9.63. The van der Waals surface area contributed by atoms with Gasteiger partial charge in [0, 0.05) is 83.3 Å². The minimum atomic E-state index is -0.902. The summed E-state index contributed by atoms with van der Waals surface area (Å²) in [6, 6.07) is 19.1. The van der Waals surface area contributed by atoms with Gasteiger partial charge in [0.15, 0.2) is 0 Å². The molecule has 4 N–H and O–H groups in total. The number of anilines is 2. The second-order valence-corrected chi connectivity index (χ2v) is 20.3. The van der Waals surface area contributed by atoms with Crippen LogP contribution in [-0.2, 0) is 26.3 Å². The van der Waals surface area contributed by atoms with E-state index < -0.39 is 41.0 Å². The predicted octanol–water partition coefficient (Wildman–Crippen LogP) is 8.06. The molecule has 1 unspecified atom stereocenters. The Morgan fingerprint density at radius 2 is 1.79 bits per heavy atom. The monoisotopic (exact) mass is 946 g/mol. The summed E-state index contributed by atoms with van der Waals surface area (Å²) in [6.45, 7) is 8.12. The molecular formula is C52H53Cl2FN6O6. The molecule has 3 fully saturated rings. The molecule has 0 aromatic heterocycles. The van der Waals surface area contributed by atoms with E-state index in [1.807, 2.05) is 29.2 Å². The van der Waals surface area contributed by atoms with Crippen molar-refractivity contribution in [3.63, 3.8) is 0 Å². The van der Waals surface area contributed by atoms with E-state index >= 15 is 4.39 Å². The summed E-state index contributed by atoms with van der Waals surface area (Å²) in [6.07, 6.45) is 3.30. The maximum absolute atomic E-state index is 16.3. The van der Waals surface area contributed by atoms with Crippen molar-refractivity contribution in [2.75, 3.05) is 37.4 Å². The fourth-order valence-corrected chi connectivity index (χ4v) is 11.3. The van der Waals surface area contributed by atoms with Crippen LogP contribution in [-0.4, -0.2) is 84.2 Å². The van der Waals surface area contributed by atoms with Crippen LogP contribution in [0.5, 0.6) is 5.75 Å². The molecule has 0 saturated carbocycles. The quantitative estimate of drug-likeness (QED) is 0.108. The van der Waals surface area contributed by atoms with Crippen molar-refractivity contribution in [1.82, 2.24) is 20.4 Å². The zero-order valence-electron chi connectivity index (χ0n) is 37.9. The van der Waals surface area contributed by atoms with Gasteiger partial charge in [-0.2, -0.15) is 0 Å². The number of rotatable bonds is 7. The zero-order chi connectivity index (χ0) is 47.4. The second kappa shape index (κ2) is 18.3. The SMILES string of the molecule is COc1cc(C(=O)N2CCC[C@H](C#Cc3cccc4c3CN(C3CCC(=O)NC3=O)C4=O)CC2)ccc1NC(=O)[C@@H]1N[C@@H](CC(C)(C)C)[C@@]2(CNc3cc(Cl)ccc32)[C@H]1c1cccc(Cl)c1F. The van der Waals surface area contributed by atoms with Gasteiger partial charge in [-0.05, 0) is 103 Å². The Kier molecular flexibility index (Phi) is 12.6. The van der Waals surface area contributed by atoms with Gasteiger partial charge in [0.05, 0.1) is 23.9 Å². The molecule has 5 heterocycles. The van der Waals surface area contributed by atoms with Crippen molar-refractivity contribution < 1.29 is 33.1 Å². The number of carbonyl (C=O) groups is 5. The van der Waals surface area contributed by atoms with Crippen LogP contribution in [0, 0.1) is 29.0 Å². The van der Waals surface area contributed by atoms with Crippen molar-refractivity contribution in [2.45, 2.75) is 95.3 Å². The fraction of sp³-hybridized carbons (Fsp3) is 0.404. The number of methoxy groups -OCH3 is 1. The molecule has 15 heteroatoms. The number of amides is 5. The number of hydrogen-bond donors (Lipinski definition) is 4. The largest absolute Gasteiger partial charge is 0.495 e. The summed E-state index contributed by atoms with van der Waals surface area (Å²) in [7, 11) is 1.48. The average Bonchev–Trinajstić information content (AvgIpc) is 3.86. The van der Waals surface area contributed by atoms with Crippen LogP contribution >= 0.6 is 23.2 Å². The van der Waals surface area contributed by atoms with Gasteiger partial charge in [-0.1, -0.05) is 80.1 Å². The van der Waals surface area contributed by atoms with E-state index in [-0.39, 0.29) is 59.5 Å². The molecule has 9 rings (SSSR count). The molecule has 0 aliphatic carbocycles. The third kappa shape index (κ3) is 8.76. The molecule has 5 aliphatic heterocycles. The maximum atomic E-state index is 16.3. The van der Waals surface area contributed by atoms with Crippen molar-refractivity contribution >= 4 is 64.1 Å². The van der Waals surface area contributed by atoms with Crippen molar-refractivity contribution in [3.05, 3.63) is 122 Å². The molecule has 4 aromatic carbocycles. The maximum Gasteiger partial charge on any atom is 0.255 e. The fourth-order valence-electron chi connectivity index (χ4n) is 10.9. The first-order valence-electron chi connectivity index (χ1n) is 22.9. The van der Waals surface area contributed by atoms with E-state index in [0.717, 1.165) is 35.2 Å². The third-order valence-corrected chi connectivity index (χ3v) is 14.6. The minimum absolute atomic E-state index is 0.00552. The Bertz CT molecular complexity index is 2770. The van der Waals surface area contributed by atoms with Crippen molar-refractivity contribution in [1.29, 1.82) is 0 Å². The van der Waals surface area contributed by atoms with Gasteiger partial charge in [-0.25, -0.2) is 4.39 Å². The first-order chi connectivity index (χ1) is 32.1. The van der Waals surface area contributed by atoms with Gasteiger partial charge >= 0.3 is 0 Å². The molecular weight excluding hydrogens is 895 g/mol. The zero-order valence-corrected chi connectivity index (χ0v) is 39.4. The van der Waals surface area contributed by atoms with Crippen LogP contribution in [0.25, 0.3) is 0 Å². The Labute approximate surface area is 399 Å². The van der Waals surface area contributed by atoms with E-state index in [1.165, 1.54) is 18.1 Å². The number of imide groups is 1. The van der Waals surface area contributed by atoms with Gasteiger partial charge in [0.25, 0.3) is 11.8 Å². The smallest absolute Gasteiger partial charge is 0.255 e. The number of carbonyl (C=O) groups excluding carboxylic acids is 5. The Morgan fingerprint density at radius 1 is 0.985 bits per heavy atom. The molecule has 67 heavy (non-hydrogen) atoms. The lowest BCUT2D eigenvalue weighted by molar-refractivity contribution is -0.137. The summed E-state index contributed by atoms with van der Waals surface area (Å²) < 4.78 is 22.1. The summed E-state index contributed by atoms with van der Waals surface area (Å²) in [4.78, 5) is 69.9. The van der Waals surface area contributed by atoms with Crippen LogP contribution in [0.1, 0.15) is 108 Å². The van der Waals surface area contributed by atoms with Crippen LogP contribution in [0.15, 0.2) is 72.8 Å². The minimum Gasteiger partial charge on any atom is -0.495 e. The molecule has 348 valence electrons. The number of fused-ring (bicyclic) bond motifs is 3. The topological polar surface area (TPSA) is 149 Å². The Hall–Kier alpha value is -5.94. The highest BCUT2D eigenvalue weighted by molar-refractivity contribution is 6.31. The number of ether oxygens (including phenoxy) is 1. The highest BCUT2D eigenvalue weighted by Gasteiger charge is 2.61. The van der Waals surface area contributed by atoms with E-state index in [2.05, 4.69) is 53.9 Å². The van der Waals surface area contributed by atoms with Crippen molar-refractivity contribution in [2.24, 2.45) is 11.3 Å². The van der Waals surface area contributed by atoms with Gasteiger partial charge in [-0.15, -0.1) is 0 Å². The summed E-state index contributed by atoms with van der Waals surface area (Å²) >= 11 is 12.9. The molecule has 0 radical (unpaired) electrons. The lowest BCUT2D eigenvalue weighted by Crippen LogP contribution is -2.52. The highest BCUT2D eigenvalue weighted by atomic mass is 35.5. The number of likely N-dealkylation sites (tertiary alicyclic amines) is 1. The highest BCUT2D eigenvalue weighted by Crippen LogP contribution is 2.57. The number of halogens is 3. The van der Waals surface area contributed by atoms with E-state index in [9.17, 15) is 24.0 Å². The van der Waals surface area contributed by atoms with Crippen LogP contribution < -0.4 is 26.0 Å². The number of nitrogens with one attached hydrogen (secondary N) is 4. The van der Waals surface area contributed by atoms with E-state index in [0.29, 0.717) is 65.6 Å². The van der Waals surface area contributed by atoms with E-state index in [1.54, 1.807) is 42.5 Å². The van der Waals surface area contributed by atoms with Crippen LogP contribution in [0.2, 0.25) is 10.0 Å². The number of piperidine rings is 1. The average molecular weight is 948 g/mol. The van der Waals surface area contributed by atoms with Crippen LogP contribution in [0.3, 0.4) is 0 Å². The van der Waals surface area contributed by atoms with Crippen LogP contribution in [0.4, 0.5) is 15.8 Å². The lowest BCUT2D eigenvalue weighted by Gasteiger charge is -2.39. The first-order valence-corrected chi connectivity index (χ1v) is 23.6. The number of hydrogen-bond acceptors (Lipinski definition) is 8. The Balaban J connectivity index is 0.913.